The van der Waals surface area contributed by atoms with Gasteiger partial charge in [-0.2, -0.15) is 15.0 Å². The van der Waals surface area contributed by atoms with Crippen LogP contribution in [-0.2, 0) is 0 Å². The van der Waals surface area contributed by atoms with Crippen LogP contribution in [-0.4, -0.2) is 21.5 Å². The molecule has 0 atom stereocenters. The molecule has 0 aliphatic heterocycles. The second-order valence-corrected chi connectivity index (χ2v) is 2.90. The molecular formula is C10H17N6+. The summed E-state index contributed by atoms with van der Waals surface area (Å²) in [5.74, 6) is 0.889. The number of nitrogens with zero attached hydrogens (tertiary/aromatic N) is 3. The van der Waals surface area contributed by atoms with Gasteiger partial charge < -0.3 is 11.1 Å². The van der Waals surface area contributed by atoms with Gasteiger partial charge in [-0.1, -0.05) is 20.8 Å². The number of nitrogens with one attached hydrogen (secondary N) is 2. The van der Waals surface area contributed by atoms with Gasteiger partial charge in [0, 0.05) is 6.54 Å². The third-order valence-corrected chi connectivity index (χ3v) is 1.79. The highest BCUT2D eigenvalue weighted by Gasteiger charge is 2.14. The Kier molecular flexibility index (Phi) is 4.33. The van der Waals surface area contributed by atoms with E-state index in [4.69, 9.17) is 5.73 Å². The molecule has 16 heavy (non-hydrogen) atoms. The number of aromatic amines is 1. The Balaban J connectivity index is 0.000000606. The summed E-state index contributed by atoms with van der Waals surface area (Å²) in [5, 5.41) is 3.13. The van der Waals surface area contributed by atoms with Crippen molar-refractivity contribution in [3.8, 4) is 0 Å². The van der Waals surface area contributed by atoms with Crippen molar-refractivity contribution in [1.29, 1.82) is 0 Å². The Labute approximate surface area is 94.7 Å². The number of nitrogens with two attached hydrogens (primary N) is 1. The molecule has 0 spiro atoms. The minimum Gasteiger partial charge on any atom is -0.368 e. The molecule has 0 bridgehead atoms. The lowest BCUT2D eigenvalue weighted by molar-refractivity contribution is -0.257. The topological polar surface area (TPSA) is 93.7 Å². The van der Waals surface area contributed by atoms with E-state index in [-0.39, 0.29) is 5.95 Å². The lowest BCUT2D eigenvalue weighted by Gasteiger charge is -2.00. The lowest BCUT2D eigenvalue weighted by atomic mass is 10.4. The Morgan fingerprint density at radius 1 is 1.44 bits per heavy atom. The zero-order valence-electron chi connectivity index (χ0n) is 9.83. The average molecular weight is 221 g/mol. The van der Waals surface area contributed by atoms with Crippen molar-refractivity contribution in [2.24, 2.45) is 0 Å². The van der Waals surface area contributed by atoms with Gasteiger partial charge in [0.15, 0.2) is 0 Å². The standard InChI is InChI=1S/C8H10N6.C2H6/c1-2-3-10-6-5-7(12-4-11-5)14-8(9)13-6;1-2/h2-3H2,1H3,(H3,9,10,13,14);1-2H3/p+1. The van der Waals surface area contributed by atoms with Crippen LogP contribution < -0.4 is 16.0 Å². The normalized spacial score (nSPS) is 9.19. The fourth-order valence-corrected chi connectivity index (χ4v) is 1.17. The summed E-state index contributed by atoms with van der Waals surface area (Å²) in [7, 11) is 0. The largest absolute Gasteiger partial charge is 0.382 e. The molecule has 0 aromatic carbocycles. The van der Waals surface area contributed by atoms with Gasteiger partial charge in [0.1, 0.15) is 0 Å². The summed E-state index contributed by atoms with van der Waals surface area (Å²) in [4.78, 5) is 14.8. The molecule has 6 heteroatoms. The van der Waals surface area contributed by atoms with E-state index in [1.165, 1.54) is 0 Å². The van der Waals surface area contributed by atoms with Crippen molar-refractivity contribution in [2.75, 3.05) is 17.6 Å². The van der Waals surface area contributed by atoms with Crippen LogP contribution in [0.15, 0.2) is 0 Å². The Morgan fingerprint density at radius 2 is 2.19 bits per heavy atom. The van der Waals surface area contributed by atoms with Crippen LogP contribution in [0.2, 0.25) is 0 Å². The second-order valence-electron chi connectivity index (χ2n) is 2.90. The van der Waals surface area contributed by atoms with Gasteiger partial charge >= 0.3 is 17.5 Å². The Hall–Kier alpha value is -2.03. The van der Waals surface area contributed by atoms with E-state index in [9.17, 15) is 0 Å². The van der Waals surface area contributed by atoms with Crippen LogP contribution >= 0.6 is 0 Å². The lowest BCUT2D eigenvalue weighted by Crippen LogP contribution is -2.08. The molecule has 0 radical (unpaired) electrons. The van der Waals surface area contributed by atoms with Gasteiger partial charge in [0.25, 0.3) is 0 Å². The van der Waals surface area contributed by atoms with Crippen LogP contribution in [0.5, 0.6) is 0 Å². The number of rotatable bonds is 3. The molecule has 0 aliphatic carbocycles. The third kappa shape index (κ3) is 2.51. The zero-order chi connectivity index (χ0) is 12.0. The number of H-pyrrole nitrogens is 1. The molecule has 2 heterocycles. The molecular weight excluding hydrogens is 204 g/mol. The van der Waals surface area contributed by atoms with Gasteiger partial charge in [-0.15, -0.1) is 4.98 Å². The van der Waals surface area contributed by atoms with E-state index in [1.807, 2.05) is 13.8 Å². The van der Waals surface area contributed by atoms with Crippen molar-refractivity contribution in [2.45, 2.75) is 27.2 Å². The Morgan fingerprint density at radius 3 is 2.88 bits per heavy atom. The van der Waals surface area contributed by atoms with Crippen LogP contribution in [0.3, 0.4) is 0 Å². The molecule has 4 N–H and O–H groups in total. The molecule has 0 saturated heterocycles. The Bertz CT molecular complexity index is 436. The summed E-state index contributed by atoms with van der Waals surface area (Å²) in [5.41, 5.74) is 6.81. The van der Waals surface area contributed by atoms with Crippen molar-refractivity contribution in [3.05, 3.63) is 6.33 Å². The van der Waals surface area contributed by atoms with Crippen molar-refractivity contribution in [1.82, 2.24) is 15.0 Å². The summed E-state index contributed by atoms with van der Waals surface area (Å²) < 4.78 is 0. The molecule has 0 aliphatic rings. The second kappa shape index (κ2) is 5.75. The molecule has 0 unspecified atom stereocenters. The SMILES string of the molecule is CC.CCCNc1nc(N)nc2[nH]c#[n+]c12. The number of hydrogen-bond acceptors (Lipinski definition) is 4. The van der Waals surface area contributed by atoms with Gasteiger partial charge in [0.2, 0.25) is 11.8 Å². The number of nitrogen functional groups attached to an aromatic ring is 1. The van der Waals surface area contributed by atoms with Crippen LogP contribution in [0.4, 0.5) is 11.8 Å². The maximum atomic E-state index is 5.53. The maximum absolute atomic E-state index is 5.53. The predicted molar refractivity (Wildman–Crippen MR) is 62.9 cm³/mol. The van der Waals surface area contributed by atoms with E-state index in [0.717, 1.165) is 13.0 Å². The molecule has 2 rings (SSSR count). The molecule has 0 fully saturated rings. The first kappa shape index (κ1) is 12.0. The molecule has 0 saturated carbocycles. The van der Waals surface area contributed by atoms with Gasteiger partial charge in [0.05, 0.1) is 0 Å². The van der Waals surface area contributed by atoms with Crippen molar-refractivity contribution < 1.29 is 4.98 Å². The molecule has 86 valence electrons. The smallest absolute Gasteiger partial charge is 0.368 e. The maximum Gasteiger partial charge on any atom is 0.382 e. The molecule has 2 aromatic heterocycles. The number of aromatic nitrogens is 4. The molecule has 6 nitrogen and oxygen atoms in total. The summed E-state index contributed by atoms with van der Waals surface area (Å²) >= 11 is 0. The number of anilines is 2. The highest BCUT2D eigenvalue weighted by molar-refractivity contribution is 5.79. The average Bonchev–Trinajstić information content (AvgIpc) is 2.76. The van der Waals surface area contributed by atoms with Crippen LogP contribution in [0.25, 0.3) is 11.2 Å². The minimum absolute atomic E-state index is 0.230. The number of fused-ring (bicyclic) bond motifs is 1. The summed E-state index contributed by atoms with van der Waals surface area (Å²) in [6.45, 7) is 6.91. The fraction of sp³-hybridized carbons (Fsp3) is 0.500. The predicted octanol–water partition coefficient (Wildman–Crippen LogP) is 0.788. The molecule has 2 aromatic rings. The van der Waals surface area contributed by atoms with E-state index in [1.54, 1.807) is 0 Å². The quantitative estimate of drug-likeness (QED) is 0.712. The fourth-order valence-electron chi connectivity index (χ4n) is 1.17. The van der Waals surface area contributed by atoms with Gasteiger partial charge in [-0.3, -0.25) is 0 Å². The van der Waals surface area contributed by atoms with Crippen molar-refractivity contribution in [3.63, 3.8) is 0 Å². The first-order chi connectivity index (χ1) is 7.81. The van der Waals surface area contributed by atoms with E-state index in [0.29, 0.717) is 17.0 Å². The van der Waals surface area contributed by atoms with Gasteiger partial charge in [-0.25, -0.2) is 0 Å². The van der Waals surface area contributed by atoms with Crippen LogP contribution in [0, 0.1) is 6.33 Å². The zero-order valence-corrected chi connectivity index (χ0v) is 9.83. The number of hydrogen-bond donors (Lipinski definition) is 3. The first-order valence-electron chi connectivity index (χ1n) is 5.44. The van der Waals surface area contributed by atoms with E-state index < -0.39 is 0 Å². The minimum atomic E-state index is 0.230. The van der Waals surface area contributed by atoms with Crippen molar-refractivity contribution >= 4 is 22.9 Å². The van der Waals surface area contributed by atoms with Gasteiger partial charge in [-0.05, 0) is 6.42 Å². The monoisotopic (exact) mass is 221 g/mol. The summed E-state index contributed by atoms with van der Waals surface area (Å²) in [6, 6.07) is 0. The third-order valence-electron chi connectivity index (χ3n) is 1.79. The van der Waals surface area contributed by atoms with E-state index in [2.05, 4.69) is 38.5 Å². The highest BCUT2D eigenvalue weighted by Crippen LogP contribution is 2.13. The summed E-state index contributed by atoms with van der Waals surface area (Å²) in [6.07, 6.45) is 3.62. The van der Waals surface area contributed by atoms with Crippen LogP contribution in [0.1, 0.15) is 27.2 Å². The van der Waals surface area contributed by atoms with E-state index >= 15 is 0 Å². The highest BCUT2D eigenvalue weighted by atomic mass is 15.1. The molecule has 0 amide bonds. The first-order valence-corrected chi connectivity index (χ1v) is 5.44.